The van der Waals surface area contributed by atoms with E-state index in [1.54, 1.807) is 23.9 Å². The topological polar surface area (TPSA) is 75.3 Å². The van der Waals surface area contributed by atoms with Crippen molar-refractivity contribution in [3.05, 3.63) is 94.0 Å². The quantitative estimate of drug-likeness (QED) is 0.394. The normalized spacial score (nSPS) is 11.2. The predicted octanol–water partition coefficient (Wildman–Crippen LogP) is 5.42. The van der Waals surface area contributed by atoms with Crippen molar-refractivity contribution in [2.45, 2.75) is 24.5 Å². The average Bonchev–Trinajstić information content (AvgIpc) is 2.73. The molecule has 1 amide bonds. The Bertz CT molecular complexity index is 1200. The Labute approximate surface area is 198 Å². The Morgan fingerprint density at radius 3 is 2.41 bits per heavy atom. The Hall–Kier alpha value is -2.48. The molecule has 0 aliphatic heterocycles. The summed E-state index contributed by atoms with van der Waals surface area (Å²) in [6.45, 7) is 4.46. The first-order chi connectivity index (χ1) is 15.2. The molecule has 32 heavy (non-hydrogen) atoms. The molecule has 0 heterocycles. The maximum absolute atomic E-state index is 12.5. The number of carbonyl (C=O) groups is 1. The van der Waals surface area contributed by atoms with Crippen LogP contribution in [0.5, 0.6) is 0 Å². The SMILES string of the molecule is Cc1ccc(S(=O)(=O)Nc2ccc(C(=O)NCCSCc3cccc(C)c3)c(Cl)c2)cc1. The fourth-order valence-electron chi connectivity index (χ4n) is 3.02. The summed E-state index contributed by atoms with van der Waals surface area (Å²) < 4.78 is 27.6. The number of rotatable bonds is 9. The van der Waals surface area contributed by atoms with Crippen LogP contribution in [0.3, 0.4) is 0 Å². The van der Waals surface area contributed by atoms with Gasteiger partial charge in [0, 0.05) is 18.1 Å². The molecule has 0 aliphatic rings. The van der Waals surface area contributed by atoms with E-state index >= 15 is 0 Å². The van der Waals surface area contributed by atoms with Gasteiger partial charge in [0.15, 0.2) is 0 Å². The summed E-state index contributed by atoms with van der Waals surface area (Å²) in [5.74, 6) is 1.36. The van der Waals surface area contributed by atoms with Gasteiger partial charge in [-0.1, -0.05) is 59.1 Å². The second-order valence-corrected chi connectivity index (χ2v) is 10.6. The lowest BCUT2D eigenvalue weighted by Crippen LogP contribution is -2.26. The van der Waals surface area contributed by atoms with Gasteiger partial charge in [-0.3, -0.25) is 9.52 Å². The molecule has 0 atom stereocenters. The van der Waals surface area contributed by atoms with Crippen molar-refractivity contribution in [3.8, 4) is 0 Å². The number of amides is 1. The van der Waals surface area contributed by atoms with Crippen molar-refractivity contribution < 1.29 is 13.2 Å². The van der Waals surface area contributed by atoms with Crippen molar-refractivity contribution in [2.75, 3.05) is 17.0 Å². The van der Waals surface area contributed by atoms with Crippen LogP contribution in [0, 0.1) is 13.8 Å². The number of halogens is 1. The van der Waals surface area contributed by atoms with Crippen LogP contribution in [0.2, 0.25) is 5.02 Å². The van der Waals surface area contributed by atoms with Crippen molar-refractivity contribution >= 4 is 45.0 Å². The molecule has 3 aromatic carbocycles. The highest BCUT2D eigenvalue weighted by Crippen LogP contribution is 2.23. The van der Waals surface area contributed by atoms with E-state index in [0.717, 1.165) is 17.1 Å². The third-order valence-electron chi connectivity index (χ3n) is 4.68. The van der Waals surface area contributed by atoms with E-state index in [-0.39, 0.29) is 15.8 Å². The molecule has 5 nitrogen and oxygen atoms in total. The van der Waals surface area contributed by atoms with E-state index in [1.165, 1.54) is 41.5 Å². The monoisotopic (exact) mass is 488 g/mol. The molecule has 3 aromatic rings. The molecule has 0 unspecified atom stereocenters. The van der Waals surface area contributed by atoms with Gasteiger partial charge in [0.25, 0.3) is 15.9 Å². The number of benzene rings is 3. The molecule has 0 fully saturated rings. The standard InChI is InChI=1S/C24H25ClN2O3S2/c1-17-6-9-21(10-7-17)32(29,30)27-20-8-11-22(23(25)15-20)24(28)26-12-13-31-16-19-5-3-4-18(2)14-19/h3-11,14-15,27H,12-13,16H2,1-2H3,(H,26,28). The molecule has 0 saturated heterocycles. The zero-order valence-corrected chi connectivity index (χ0v) is 20.3. The number of aryl methyl sites for hydroxylation is 2. The lowest BCUT2D eigenvalue weighted by Gasteiger charge is -2.11. The molecule has 0 saturated carbocycles. The van der Waals surface area contributed by atoms with Crippen LogP contribution in [-0.4, -0.2) is 26.6 Å². The largest absolute Gasteiger partial charge is 0.351 e. The predicted molar refractivity (Wildman–Crippen MR) is 133 cm³/mol. The summed E-state index contributed by atoms with van der Waals surface area (Å²) >= 11 is 7.99. The number of anilines is 1. The van der Waals surface area contributed by atoms with Crippen LogP contribution in [0.25, 0.3) is 0 Å². The van der Waals surface area contributed by atoms with Crippen LogP contribution in [0.4, 0.5) is 5.69 Å². The zero-order chi connectivity index (χ0) is 23.1. The molecule has 0 aliphatic carbocycles. The smallest absolute Gasteiger partial charge is 0.261 e. The Morgan fingerprint density at radius 2 is 1.72 bits per heavy atom. The lowest BCUT2D eigenvalue weighted by atomic mass is 10.2. The summed E-state index contributed by atoms with van der Waals surface area (Å²) in [6.07, 6.45) is 0. The lowest BCUT2D eigenvalue weighted by molar-refractivity contribution is 0.0956. The highest BCUT2D eigenvalue weighted by Gasteiger charge is 2.16. The minimum atomic E-state index is -3.74. The van der Waals surface area contributed by atoms with Gasteiger partial charge in [-0.15, -0.1) is 0 Å². The highest BCUT2D eigenvalue weighted by atomic mass is 35.5. The maximum atomic E-state index is 12.5. The molecule has 0 aromatic heterocycles. The van der Waals surface area contributed by atoms with Crippen LogP contribution in [0.15, 0.2) is 71.6 Å². The third-order valence-corrected chi connectivity index (χ3v) is 7.42. The molecular weight excluding hydrogens is 464 g/mol. The summed E-state index contributed by atoms with van der Waals surface area (Å²) in [5, 5.41) is 3.03. The van der Waals surface area contributed by atoms with Crippen LogP contribution >= 0.6 is 23.4 Å². The van der Waals surface area contributed by atoms with E-state index in [0.29, 0.717) is 17.8 Å². The van der Waals surface area contributed by atoms with Crippen molar-refractivity contribution in [2.24, 2.45) is 0 Å². The van der Waals surface area contributed by atoms with Gasteiger partial charge in [-0.05, 0) is 49.7 Å². The average molecular weight is 489 g/mol. The van der Waals surface area contributed by atoms with E-state index < -0.39 is 10.0 Å². The van der Waals surface area contributed by atoms with Crippen LogP contribution < -0.4 is 10.0 Å². The van der Waals surface area contributed by atoms with Gasteiger partial charge in [0.2, 0.25) is 0 Å². The summed E-state index contributed by atoms with van der Waals surface area (Å²) in [6, 6.07) is 19.4. The van der Waals surface area contributed by atoms with Crippen LogP contribution in [0.1, 0.15) is 27.0 Å². The fourth-order valence-corrected chi connectivity index (χ4v) is 5.14. The first-order valence-corrected chi connectivity index (χ1v) is 13.1. The number of nitrogens with one attached hydrogen (secondary N) is 2. The molecule has 0 spiro atoms. The number of hydrogen-bond acceptors (Lipinski definition) is 4. The van der Waals surface area contributed by atoms with E-state index in [2.05, 4.69) is 35.2 Å². The molecule has 0 radical (unpaired) electrons. The zero-order valence-electron chi connectivity index (χ0n) is 17.9. The molecule has 3 rings (SSSR count). The molecular formula is C24H25ClN2O3S2. The number of thioether (sulfide) groups is 1. The molecule has 168 valence electrons. The van der Waals surface area contributed by atoms with Crippen molar-refractivity contribution in [1.82, 2.24) is 5.32 Å². The summed E-state index contributed by atoms with van der Waals surface area (Å²) in [7, 11) is -3.74. The Kier molecular flexibility index (Phi) is 8.23. The van der Waals surface area contributed by atoms with E-state index in [9.17, 15) is 13.2 Å². The molecule has 2 N–H and O–H groups in total. The van der Waals surface area contributed by atoms with E-state index in [1.807, 2.05) is 13.0 Å². The van der Waals surface area contributed by atoms with E-state index in [4.69, 9.17) is 11.6 Å². The van der Waals surface area contributed by atoms with Crippen molar-refractivity contribution in [1.29, 1.82) is 0 Å². The molecule has 0 bridgehead atoms. The number of carbonyl (C=O) groups excluding carboxylic acids is 1. The van der Waals surface area contributed by atoms with Gasteiger partial charge in [0.05, 0.1) is 21.2 Å². The Morgan fingerprint density at radius 1 is 0.969 bits per heavy atom. The first kappa shape index (κ1) is 24.2. The molecule has 8 heteroatoms. The van der Waals surface area contributed by atoms with Gasteiger partial charge in [-0.2, -0.15) is 11.8 Å². The summed E-state index contributed by atoms with van der Waals surface area (Å²) in [4.78, 5) is 12.6. The summed E-state index contributed by atoms with van der Waals surface area (Å²) in [5.41, 5.74) is 4.05. The number of sulfonamides is 1. The number of hydrogen-bond donors (Lipinski definition) is 2. The van der Waals surface area contributed by atoms with Gasteiger partial charge in [-0.25, -0.2) is 8.42 Å². The minimum absolute atomic E-state index is 0.157. The first-order valence-electron chi connectivity index (χ1n) is 10.0. The fraction of sp³-hybridized carbons (Fsp3) is 0.208. The second kappa shape index (κ2) is 10.9. The maximum Gasteiger partial charge on any atom is 0.261 e. The van der Waals surface area contributed by atoms with Gasteiger partial charge in [0.1, 0.15) is 0 Å². The van der Waals surface area contributed by atoms with Crippen LogP contribution in [-0.2, 0) is 15.8 Å². The van der Waals surface area contributed by atoms with Gasteiger partial charge < -0.3 is 5.32 Å². The minimum Gasteiger partial charge on any atom is -0.351 e. The second-order valence-electron chi connectivity index (χ2n) is 7.41. The van der Waals surface area contributed by atoms with Crippen molar-refractivity contribution in [3.63, 3.8) is 0 Å². The Balaban J connectivity index is 1.52. The third kappa shape index (κ3) is 6.76. The van der Waals surface area contributed by atoms with Gasteiger partial charge >= 0.3 is 0 Å². The highest BCUT2D eigenvalue weighted by molar-refractivity contribution is 7.98.